The molecule has 3 rings (SSSR count). The molecule has 0 unspecified atom stereocenters. The van der Waals surface area contributed by atoms with Gasteiger partial charge in [0.1, 0.15) is 5.82 Å². The lowest BCUT2D eigenvalue weighted by Crippen LogP contribution is -2.18. The van der Waals surface area contributed by atoms with E-state index < -0.39 is 0 Å². The molecule has 0 fully saturated rings. The summed E-state index contributed by atoms with van der Waals surface area (Å²) in [5.74, 6) is 0.161. The number of benzene rings is 2. The van der Waals surface area contributed by atoms with Crippen LogP contribution in [0, 0.1) is 6.92 Å². The van der Waals surface area contributed by atoms with Gasteiger partial charge in [-0.1, -0.05) is 47.1 Å². The summed E-state index contributed by atoms with van der Waals surface area (Å²) in [6.45, 7) is 6.05. The van der Waals surface area contributed by atoms with Gasteiger partial charge in [-0.25, -0.2) is 0 Å². The molecular weight excluding hydrogens is 469 g/mol. The number of hydrogen-bond acceptors (Lipinski definition) is 5. The first-order valence-corrected chi connectivity index (χ1v) is 11.4. The molecule has 0 atom stereocenters. The topological polar surface area (TPSA) is 88.9 Å². The number of carbonyl (C=O) groups is 2. The number of allylic oxidation sites excluding steroid dienone is 1. The largest absolute Gasteiger partial charge is 0.326 e. The lowest BCUT2D eigenvalue weighted by molar-refractivity contribution is -0.116. The molecule has 3 aromatic rings. The minimum atomic E-state index is -0.240. The van der Waals surface area contributed by atoms with Crippen LogP contribution in [-0.4, -0.2) is 32.3 Å². The molecule has 0 aliphatic heterocycles. The van der Waals surface area contributed by atoms with Crippen LogP contribution in [0.25, 0.3) is 0 Å². The SMILES string of the molecule is C=CCn1c(CC(=O)Nc2ccc(Cl)cc2)nnc1SCC(=O)Nc1cc(Cl)ccc1C. The monoisotopic (exact) mass is 489 g/mol. The number of carbonyl (C=O) groups excluding carboxylic acids is 2. The first-order valence-electron chi connectivity index (χ1n) is 9.63. The second-order valence-electron chi connectivity index (χ2n) is 6.83. The van der Waals surface area contributed by atoms with Gasteiger partial charge in [0.2, 0.25) is 11.8 Å². The van der Waals surface area contributed by atoms with Crippen molar-refractivity contribution >= 4 is 58.2 Å². The Kier molecular flexibility index (Phi) is 8.33. The van der Waals surface area contributed by atoms with Gasteiger partial charge in [0.15, 0.2) is 5.16 Å². The molecule has 0 bridgehead atoms. The van der Waals surface area contributed by atoms with Crippen molar-refractivity contribution < 1.29 is 9.59 Å². The molecule has 2 amide bonds. The predicted octanol–water partition coefficient (Wildman–Crippen LogP) is 4.99. The lowest BCUT2D eigenvalue weighted by atomic mass is 10.2. The Morgan fingerprint density at radius 2 is 1.78 bits per heavy atom. The summed E-state index contributed by atoms with van der Waals surface area (Å²) in [4.78, 5) is 24.8. The summed E-state index contributed by atoms with van der Waals surface area (Å²) < 4.78 is 1.76. The number of aryl methyl sites for hydroxylation is 1. The van der Waals surface area contributed by atoms with Crippen LogP contribution in [0.1, 0.15) is 11.4 Å². The highest BCUT2D eigenvalue weighted by atomic mass is 35.5. The quantitative estimate of drug-likeness (QED) is 0.326. The van der Waals surface area contributed by atoms with Gasteiger partial charge in [0.25, 0.3) is 0 Å². The molecule has 1 heterocycles. The van der Waals surface area contributed by atoms with Gasteiger partial charge < -0.3 is 15.2 Å². The van der Waals surface area contributed by atoms with Crippen LogP contribution in [0.2, 0.25) is 10.0 Å². The van der Waals surface area contributed by atoms with Gasteiger partial charge in [0.05, 0.1) is 12.2 Å². The molecule has 2 N–H and O–H groups in total. The zero-order chi connectivity index (χ0) is 23.1. The summed E-state index contributed by atoms with van der Waals surface area (Å²) in [7, 11) is 0. The van der Waals surface area contributed by atoms with Gasteiger partial charge >= 0.3 is 0 Å². The van der Waals surface area contributed by atoms with Crippen molar-refractivity contribution in [2.75, 3.05) is 16.4 Å². The number of nitrogens with zero attached hydrogens (tertiary/aromatic N) is 3. The van der Waals surface area contributed by atoms with Crippen molar-refractivity contribution in [3.05, 3.63) is 76.6 Å². The van der Waals surface area contributed by atoms with E-state index in [-0.39, 0.29) is 24.0 Å². The average Bonchev–Trinajstić information content (AvgIpc) is 3.12. The third-order valence-electron chi connectivity index (χ3n) is 4.36. The van der Waals surface area contributed by atoms with Crippen LogP contribution in [0.4, 0.5) is 11.4 Å². The highest BCUT2D eigenvalue weighted by Crippen LogP contribution is 2.22. The molecule has 0 radical (unpaired) electrons. The number of nitrogens with one attached hydrogen (secondary N) is 2. The van der Waals surface area contributed by atoms with Crippen molar-refractivity contribution in [2.24, 2.45) is 0 Å². The number of aromatic nitrogens is 3. The molecule has 0 aliphatic rings. The molecule has 1 aromatic heterocycles. The number of halogens is 2. The van der Waals surface area contributed by atoms with Crippen LogP contribution >= 0.6 is 35.0 Å². The number of rotatable bonds is 9. The smallest absolute Gasteiger partial charge is 0.234 e. The Morgan fingerprint density at radius 3 is 2.50 bits per heavy atom. The molecular formula is C22H21Cl2N5O2S. The Balaban J connectivity index is 1.62. The molecule has 2 aromatic carbocycles. The van der Waals surface area contributed by atoms with E-state index in [0.29, 0.717) is 38.9 Å². The van der Waals surface area contributed by atoms with Crippen molar-refractivity contribution in [3.8, 4) is 0 Å². The maximum atomic E-state index is 12.4. The highest BCUT2D eigenvalue weighted by molar-refractivity contribution is 7.99. The van der Waals surface area contributed by atoms with Gasteiger partial charge in [-0.2, -0.15) is 0 Å². The second kappa shape index (κ2) is 11.2. The molecule has 0 saturated heterocycles. The minimum absolute atomic E-state index is 0.0257. The molecule has 7 nitrogen and oxygen atoms in total. The van der Waals surface area contributed by atoms with E-state index in [0.717, 1.165) is 5.56 Å². The number of anilines is 2. The number of thioether (sulfide) groups is 1. The van der Waals surface area contributed by atoms with Gasteiger partial charge in [-0.15, -0.1) is 16.8 Å². The fourth-order valence-electron chi connectivity index (χ4n) is 2.80. The van der Waals surface area contributed by atoms with Crippen LogP contribution < -0.4 is 10.6 Å². The lowest BCUT2D eigenvalue weighted by Gasteiger charge is -2.10. The van der Waals surface area contributed by atoms with E-state index in [9.17, 15) is 9.59 Å². The summed E-state index contributed by atoms with van der Waals surface area (Å²) >= 11 is 13.1. The summed E-state index contributed by atoms with van der Waals surface area (Å²) in [5, 5.41) is 15.6. The predicted molar refractivity (Wildman–Crippen MR) is 130 cm³/mol. The Hall–Kier alpha value is -2.81. The van der Waals surface area contributed by atoms with E-state index >= 15 is 0 Å². The van der Waals surface area contributed by atoms with Gasteiger partial charge in [-0.05, 0) is 48.9 Å². The molecule has 0 spiro atoms. The average molecular weight is 490 g/mol. The van der Waals surface area contributed by atoms with Gasteiger partial charge in [-0.3, -0.25) is 9.59 Å². The van der Waals surface area contributed by atoms with E-state index in [4.69, 9.17) is 23.2 Å². The first-order chi connectivity index (χ1) is 15.4. The summed E-state index contributed by atoms with van der Waals surface area (Å²) in [6, 6.07) is 12.1. The summed E-state index contributed by atoms with van der Waals surface area (Å²) in [5.41, 5.74) is 2.21. The zero-order valence-corrected chi connectivity index (χ0v) is 19.6. The molecule has 32 heavy (non-hydrogen) atoms. The van der Waals surface area contributed by atoms with Crippen molar-refractivity contribution in [1.82, 2.24) is 14.8 Å². The van der Waals surface area contributed by atoms with E-state index in [1.54, 1.807) is 47.0 Å². The van der Waals surface area contributed by atoms with Crippen LogP contribution in [0.5, 0.6) is 0 Å². The highest BCUT2D eigenvalue weighted by Gasteiger charge is 2.17. The Bertz CT molecular complexity index is 1130. The minimum Gasteiger partial charge on any atom is -0.326 e. The molecule has 166 valence electrons. The second-order valence-corrected chi connectivity index (χ2v) is 8.64. The van der Waals surface area contributed by atoms with Crippen molar-refractivity contribution in [1.29, 1.82) is 0 Å². The molecule has 10 heteroatoms. The van der Waals surface area contributed by atoms with Crippen LogP contribution in [0.3, 0.4) is 0 Å². The fourth-order valence-corrected chi connectivity index (χ4v) is 3.86. The number of amides is 2. The molecule has 0 aliphatic carbocycles. The Labute approximate surface area is 200 Å². The maximum Gasteiger partial charge on any atom is 0.234 e. The third kappa shape index (κ3) is 6.59. The first kappa shape index (κ1) is 23.8. The Morgan fingerprint density at radius 1 is 1.06 bits per heavy atom. The zero-order valence-electron chi connectivity index (χ0n) is 17.3. The normalized spacial score (nSPS) is 10.6. The molecule has 0 saturated carbocycles. The maximum absolute atomic E-state index is 12.4. The fraction of sp³-hybridized carbons (Fsp3) is 0.182. The van der Waals surface area contributed by atoms with Crippen LogP contribution in [0.15, 0.2) is 60.3 Å². The summed E-state index contributed by atoms with van der Waals surface area (Å²) in [6.07, 6.45) is 1.71. The van der Waals surface area contributed by atoms with Crippen molar-refractivity contribution in [3.63, 3.8) is 0 Å². The van der Waals surface area contributed by atoms with E-state index in [1.807, 2.05) is 13.0 Å². The van der Waals surface area contributed by atoms with Crippen molar-refractivity contribution in [2.45, 2.75) is 25.0 Å². The van der Waals surface area contributed by atoms with Gasteiger partial charge in [0, 0.05) is 28.0 Å². The number of hydrogen-bond donors (Lipinski definition) is 2. The third-order valence-corrected chi connectivity index (χ3v) is 5.81. The standard InChI is InChI=1S/C22H21Cl2N5O2S/c1-3-10-29-19(12-20(30)25-17-8-6-15(23)7-9-17)27-28-22(29)32-13-21(31)26-18-11-16(24)5-4-14(18)2/h3-9,11H,1,10,12-13H2,2H3,(H,25,30)(H,26,31). The van der Waals surface area contributed by atoms with Crippen LogP contribution in [-0.2, 0) is 22.6 Å². The van der Waals surface area contributed by atoms with E-state index in [1.165, 1.54) is 11.8 Å². The van der Waals surface area contributed by atoms with E-state index in [2.05, 4.69) is 27.4 Å².